The van der Waals surface area contributed by atoms with Crippen LogP contribution in [0.1, 0.15) is 0 Å². The van der Waals surface area contributed by atoms with Crippen LogP contribution in [0.4, 0.5) is 5.69 Å². The van der Waals surface area contributed by atoms with E-state index in [2.05, 4.69) is 21.8 Å². The van der Waals surface area contributed by atoms with Crippen molar-refractivity contribution in [2.75, 3.05) is 57.9 Å². The van der Waals surface area contributed by atoms with E-state index in [1.807, 2.05) is 18.2 Å². The first-order valence-corrected chi connectivity index (χ1v) is 7.54. The molecular formula is C17H24N2O3. The summed E-state index contributed by atoms with van der Waals surface area (Å²) in [7, 11) is 1.70. The lowest BCUT2D eigenvalue weighted by molar-refractivity contribution is 0.0267. The highest BCUT2D eigenvalue weighted by atomic mass is 16.5. The number of ether oxygens (including phenoxy) is 2. The molecule has 0 aliphatic carbocycles. The molecule has 0 saturated carbocycles. The fraction of sp³-hybridized carbons (Fsp3) is 0.529. The number of rotatable bonds is 7. The van der Waals surface area contributed by atoms with E-state index >= 15 is 0 Å². The van der Waals surface area contributed by atoms with Crippen molar-refractivity contribution in [2.24, 2.45) is 0 Å². The molecule has 1 fully saturated rings. The van der Waals surface area contributed by atoms with Crippen molar-refractivity contribution in [3.05, 3.63) is 24.3 Å². The van der Waals surface area contributed by atoms with Gasteiger partial charge in [-0.2, -0.15) is 0 Å². The zero-order valence-corrected chi connectivity index (χ0v) is 13.1. The van der Waals surface area contributed by atoms with Crippen LogP contribution in [0.5, 0.6) is 5.75 Å². The topological polar surface area (TPSA) is 45.2 Å². The van der Waals surface area contributed by atoms with Crippen molar-refractivity contribution in [1.29, 1.82) is 0 Å². The standard InChI is InChI=1S/C17H24N2O3/c1-3-12-22-14-15(20)13-18-8-10-19(11-9-18)16-6-4-5-7-17(16)21-2/h1,4-7,15,20H,8-14H2,2H3/t15-/m0/s1. The van der Waals surface area contributed by atoms with Gasteiger partial charge in [0.15, 0.2) is 0 Å². The van der Waals surface area contributed by atoms with Gasteiger partial charge in [0, 0.05) is 32.7 Å². The van der Waals surface area contributed by atoms with Gasteiger partial charge in [0.1, 0.15) is 12.4 Å². The second-order valence-corrected chi connectivity index (χ2v) is 5.33. The molecule has 0 radical (unpaired) electrons. The highest BCUT2D eigenvalue weighted by Gasteiger charge is 2.21. The molecule has 0 amide bonds. The number of terminal acetylenes is 1. The normalized spacial score (nSPS) is 17.0. The first-order chi connectivity index (χ1) is 10.7. The number of para-hydroxylation sites is 2. The van der Waals surface area contributed by atoms with Crippen LogP contribution in [-0.4, -0.2) is 69.2 Å². The van der Waals surface area contributed by atoms with Crippen molar-refractivity contribution in [3.8, 4) is 18.1 Å². The Morgan fingerprint density at radius 3 is 2.68 bits per heavy atom. The van der Waals surface area contributed by atoms with Gasteiger partial charge >= 0.3 is 0 Å². The van der Waals surface area contributed by atoms with E-state index in [-0.39, 0.29) is 13.2 Å². The molecule has 1 N–H and O–H groups in total. The minimum atomic E-state index is -0.494. The maximum Gasteiger partial charge on any atom is 0.142 e. The number of aliphatic hydroxyl groups is 1. The van der Waals surface area contributed by atoms with Crippen molar-refractivity contribution in [2.45, 2.75) is 6.10 Å². The molecule has 0 unspecified atom stereocenters. The Morgan fingerprint density at radius 1 is 1.27 bits per heavy atom. The Bertz CT molecular complexity index is 493. The van der Waals surface area contributed by atoms with Gasteiger partial charge in [-0.05, 0) is 12.1 Å². The molecular weight excluding hydrogens is 280 g/mol. The summed E-state index contributed by atoms with van der Waals surface area (Å²) in [5.41, 5.74) is 1.13. The van der Waals surface area contributed by atoms with E-state index in [0.717, 1.165) is 37.6 Å². The van der Waals surface area contributed by atoms with Gasteiger partial charge in [0.25, 0.3) is 0 Å². The summed E-state index contributed by atoms with van der Waals surface area (Å²) in [6.45, 7) is 4.80. The van der Waals surface area contributed by atoms with Gasteiger partial charge in [-0.1, -0.05) is 18.1 Å². The van der Waals surface area contributed by atoms with Gasteiger partial charge < -0.3 is 19.5 Å². The van der Waals surface area contributed by atoms with Crippen LogP contribution in [0, 0.1) is 12.3 Å². The minimum absolute atomic E-state index is 0.249. The van der Waals surface area contributed by atoms with Crippen molar-refractivity contribution < 1.29 is 14.6 Å². The Balaban J connectivity index is 1.79. The highest BCUT2D eigenvalue weighted by Crippen LogP contribution is 2.28. The van der Waals surface area contributed by atoms with Crippen LogP contribution in [0.15, 0.2) is 24.3 Å². The second kappa shape index (κ2) is 8.64. The Labute approximate surface area is 132 Å². The second-order valence-electron chi connectivity index (χ2n) is 5.33. The highest BCUT2D eigenvalue weighted by molar-refractivity contribution is 5.58. The van der Waals surface area contributed by atoms with Crippen molar-refractivity contribution in [3.63, 3.8) is 0 Å². The lowest BCUT2D eigenvalue weighted by atomic mass is 10.2. The third kappa shape index (κ3) is 4.63. The summed E-state index contributed by atoms with van der Waals surface area (Å²) in [5, 5.41) is 9.92. The zero-order valence-electron chi connectivity index (χ0n) is 13.1. The number of aliphatic hydroxyl groups excluding tert-OH is 1. The summed E-state index contributed by atoms with van der Waals surface area (Å²) >= 11 is 0. The van der Waals surface area contributed by atoms with Gasteiger partial charge in [0.05, 0.1) is 25.5 Å². The van der Waals surface area contributed by atoms with E-state index in [0.29, 0.717) is 6.54 Å². The third-order valence-corrected chi connectivity index (χ3v) is 3.76. The third-order valence-electron chi connectivity index (χ3n) is 3.76. The molecule has 1 aliphatic heterocycles. The SMILES string of the molecule is C#CCOC[C@@H](O)CN1CCN(c2ccccc2OC)CC1. The predicted octanol–water partition coefficient (Wildman–Crippen LogP) is 0.828. The number of methoxy groups -OCH3 is 1. The summed E-state index contributed by atoms with van der Waals surface area (Å²) in [6, 6.07) is 8.06. The minimum Gasteiger partial charge on any atom is -0.495 e. The molecule has 120 valence electrons. The summed E-state index contributed by atoms with van der Waals surface area (Å²) in [6.07, 6.45) is 4.62. The fourth-order valence-corrected chi connectivity index (χ4v) is 2.67. The van der Waals surface area contributed by atoms with E-state index in [9.17, 15) is 5.11 Å². The average molecular weight is 304 g/mol. The van der Waals surface area contributed by atoms with Crippen molar-refractivity contribution >= 4 is 5.69 Å². The van der Waals surface area contributed by atoms with Crippen LogP contribution in [0.3, 0.4) is 0 Å². The van der Waals surface area contributed by atoms with Gasteiger partial charge in [-0.15, -0.1) is 6.42 Å². The van der Waals surface area contributed by atoms with E-state index in [1.54, 1.807) is 7.11 Å². The number of benzene rings is 1. The van der Waals surface area contributed by atoms with E-state index < -0.39 is 6.10 Å². The maximum absolute atomic E-state index is 9.92. The molecule has 1 atom stereocenters. The molecule has 0 aromatic heterocycles. The zero-order chi connectivity index (χ0) is 15.8. The van der Waals surface area contributed by atoms with Crippen LogP contribution in [0.25, 0.3) is 0 Å². The van der Waals surface area contributed by atoms with Gasteiger partial charge in [-0.25, -0.2) is 0 Å². The molecule has 1 aromatic carbocycles. The molecule has 1 heterocycles. The number of piperazine rings is 1. The Hall–Kier alpha value is -1.74. The number of nitrogens with zero attached hydrogens (tertiary/aromatic N) is 2. The molecule has 2 rings (SSSR count). The molecule has 0 bridgehead atoms. The van der Waals surface area contributed by atoms with Gasteiger partial charge in [-0.3, -0.25) is 4.90 Å². The first kappa shape index (κ1) is 16.6. The maximum atomic E-state index is 9.92. The fourth-order valence-electron chi connectivity index (χ4n) is 2.67. The smallest absolute Gasteiger partial charge is 0.142 e. The number of hydrogen-bond donors (Lipinski definition) is 1. The van der Waals surface area contributed by atoms with Crippen LogP contribution >= 0.6 is 0 Å². The summed E-state index contributed by atoms with van der Waals surface area (Å²) < 4.78 is 10.6. The number of β-amino-alcohol motifs (C(OH)–C–C–N with tert-alkyl or cyclic N) is 1. The monoisotopic (exact) mass is 304 g/mol. The Morgan fingerprint density at radius 2 is 2.00 bits per heavy atom. The molecule has 1 aliphatic rings. The van der Waals surface area contributed by atoms with E-state index in [4.69, 9.17) is 15.9 Å². The summed E-state index contributed by atoms with van der Waals surface area (Å²) in [4.78, 5) is 4.56. The van der Waals surface area contributed by atoms with Crippen LogP contribution in [-0.2, 0) is 4.74 Å². The number of hydrogen-bond acceptors (Lipinski definition) is 5. The molecule has 1 aromatic rings. The lowest BCUT2D eigenvalue weighted by Crippen LogP contribution is -2.49. The van der Waals surface area contributed by atoms with Crippen LogP contribution < -0.4 is 9.64 Å². The summed E-state index contributed by atoms with van der Waals surface area (Å²) in [5.74, 6) is 3.30. The first-order valence-electron chi connectivity index (χ1n) is 7.54. The molecule has 5 heteroatoms. The number of anilines is 1. The van der Waals surface area contributed by atoms with Gasteiger partial charge in [0.2, 0.25) is 0 Å². The predicted molar refractivity (Wildman–Crippen MR) is 87.3 cm³/mol. The van der Waals surface area contributed by atoms with Crippen LogP contribution in [0.2, 0.25) is 0 Å². The quantitative estimate of drug-likeness (QED) is 0.597. The lowest BCUT2D eigenvalue weighted by Gasteiger charge is -2.37. The average Bonchev–Trinajstić information content (AvgIpc) is 2.56. The molecule has 0 spiro atoms. The van der Waals surface area contributed by atoms with E-state index in [1.165, 1.54) is 0 Å². The largest absolute Gasteiger partial charge is 0.495 e. The Kier molecular flexibility index (Phi) is 6.53. The molecule has 5 nitrogen and oxygen atoms in total. The van der Waals surface area contributed by atoms with Crippen molar-refractivity contribution in [1.82, 2.24) is 4.90 Å². The molecule has 1 saturated heterocycles. The molecule has 22 heavy (non-hydrogen) atoms.